The molecule has 1 N–H and O–H groups in total. The molecule has 1 aromatic heterocycles. The number of rotatable bonds is 5. The van der Waals surface area contributed by atoms with Crippen LogP contribution < -0.4 is 5.32 Å². The number of benzene rings is 2. The summed E-state index contributed by atoms with van der Waals surface area (Å²) in [4.78, 5) is 36.1. The Morgan fingerprint density at radius 3 is 2.37 bits per heavy atom. The Balaban J connectivity index is 1.95. The Hall–Kier alpha value is -3.94. The Kier molecular flexibility index (Phi) is 6.26. The van der Waals surface area contributed by atoms with Gasteiger partial charge in [-0.25, -0.2) is 14.3 Å². The molecule has 154 valence electrons. The number of aromatic nitrogens is 2. The molecule has 0 spiro atoms. The normalized spacial score (nSPS) is 11.4. The van der Waals surface area contributed by atoms with Gasteiger partial charge in [-0.1, -0.05) is 42.5 Å². The molecule has 0 fully saturated rings. The summed E-state index contributed by atoms with van der Waals surface area (Å²) in [7, 11) is 1.13. The summed E-state index contributed by atoms with van der Waals surface area (Å²) < 4.78 is 11.2. The van der Waals surface area contributed by atoms with Crippen LogP contribution in [0, 0.1) is 6.92 Å². The third kappa shape index (κ3) is 4.54. The van der Waals surface area contributed by atoms with Crippen LogP contribution in [0.15, 0.2) is 60.8 Å². The summed E-state index contributed by atoms with van der Waals surface area (Å²) in [5.74, 6) is -1.52. The lowest BCUT2D eigenvalue weighted by Gasteiger charge is -2.12. The van der Waals surface area contributed by atoms with Crippen LogP contribution in [0.3, 0.4) is 0 Å². The zero-order chi connectivity index (χ0) is 21.7. The van der Waals surface area contributed by atoms with E-state index in [9.17, 15) is 14.4 Å². The van der Waals surface area contributed by atoms with E-state index in [4.69, 9.17) is 4.74 Å². The molecule has 2 aromatic carbocycles. The van der Waals surface area contributed by atoms with Gasteiger partial charge in [0.05, 0.1) is 12.8 Å². The van der Waals surface area contributed by atoms with E-state index in [-0.39, 0.29) is 5.56 Å². The number of aryl methyl sites for hydroxylation is 1. The Morgan fingerprint density at radius 2 is 1.70 bits per heavy atom. The topological polar surface area (TPSA) is 99.5 Å². The van der Waals surface area contributed by atoms with Crippen molar-refractivity contribution in [3.63, 3.8) is 0 Å². The summed E-state index contributed by atoms with van der Waals surface area (Å²) in [5.41, 5.74) is 3.10. The standard InChI is InChI=1S/C22H21N3O5/c1-14-9-7-8-12-17(14)19-18(13-25(24-19)16-10-5-4-6-11-16)21(27)30-15(2)20(26)23-22(28)29-3/h4-13,15H,1-3H3,(H,23,26,28)/t15-/m1/s1. The molecular formula is C22H21N3O5. The minimum Gasteiger partial charge on any atom is -0.453 e. The van der Waals surface area contributed by atoms with E-state index >= 15 is 0 Å². The summed E-state index contributed by atoms with van der Waals surface area (Å²) in [6.45, 7) is 3.28. The summed E-state index contributed by atoms with van der Waals surface area (Å²) in [6, 6.07) is 16.8. The van der Waals surface area contributed by atoms with Crippen LogP contribution in [0.5, 0.6) is 0 Å². The lowest BCUT2D eigenvalue weighted by molar-refractivity contribution is -0.128. The minimum absolute atomic E-state index is 0.200. The fourth-order valence-electron chi connectivity index (χ4n) is 2.80. The zero-order valence-electron chi connectivity index (χ0n) is 16.8. The number of carbonyl (C=O) groups excluding carboxylic acids is 3. The number of nitrogens with zero attached hydrogens (tertiary/aromatic N) is 2. The molecule has 3 rings (SSSR count). The van der Waals surface area contributed by atoms with Crippen molar-refractivity contribution in [2.75, 3.05) is 7.11 Å². The van der Waals surface area contributed by atoms with Crippen LogP contribution in [0.4, 0.5) is 4.79 Å². The van der Waals surface area contributed by atoms with Crippen molar-refractivity contribution in [3.05, 3.63) is 71.9 Å². The summed E-state index contributed by atoms with van der Waals surface area (Å²) in [5, 5.41) is 6.56. The molecule has 0 saturated heterocycles. The maximum Gasteiger partial charge on any atom is 0.413 e. The number of ether oxygens (including phenoxy) is 2. The second kappa shape index (κ2) is 9.04. The van der Waals surface area contributed by atoms with E-state index in [1.807, 2.05) is 66.8 Å². The summed E-state index contributed by atoms with van der Waals surface area (Å²) >= 11 is 0. The molecule has 0 bridgehead atoms. The number of esters is 1. The molecule has 1 atom stereocenters. The molecule has 0 saturated carbocycles. The maximum absolute atomic E-state index is 12.9. The number of hydrogen-bond donors (Lipinski definition) is 1. The van der Waals surface area contributed by atoms with Gasteiger partial charge in [0.1, 0.15) is 11.3 Å². The van der Waals surface area contributed by atoms with Crippen LogP contribution in [0.2, 0.25) is 0 Å². The number of imide groups is 1. The molecule has 0 unspecified atom stereocenters. The van der Waals surface area contributed by atoms with Crippen molar-refractivity contribution in [1.82, 2.24) is 15.1 Å². The Morgan fingerprint density at radius 1 is 1.03 bits per heavy atom. The van der Waals surface area contributed by atoms with E-state index in [2.05, 4.69) is 9.84 Å². The van der Waals surface area contributed by atoms with Crippen LogP contribution >= 0.6 is 0 Å². The summed E-state index contributed by atoms with van der Waals surface area (Å²) in [6.07, 6.45) is -0.577. The van der Waals surface area contributed by atoms with Gasteiger partial charge < -0.3 is 9.47 Å². The van der Waals surface area contributed by atoms with Crippen molar-refractivity contribution >= 4 is 18.0 Å². The Labute approximate surface area is 173 Å². The molecular weight excluding hydrogens is 386 g/mol. The first-order valence-electron chi connectivity index (χ1n) is 9.21. The number of carbonyl (C=O) groups is 3. The van der Waals surface area contributed by atoms with E-state index in [0.29, 0.717) is 5.69 Å². The van der Waals surface area contributed by atoms with E-state index in [0.717, 1.165) is 23.9 Å². The highest BCUT2D eigenvalue weighted by molar-refractivity contribution is 5.99. The lowest BCUT2D eigenvalue weighted by Crippen LogP contribution is -2.39. The van der Waals surface area contributed by atoms with Gasteiger partial charge in [0, 0.05) is 11.8 Å². The number of methoxy groups -OCH3 is 1. The molecule has 30 heavy (non-hydrogen) atoms. The smallest absolute Gasteiger partial charge is 0.413 e. The average molecular weight is 407 g/mol. The minimum atomic E-state index is -1.21. The van der Waals surface area contributed by atoms with Crippen LogP contribution in [-0.4, -0.2) is 41.0 Å². The number of amides is 2. The zero-order valence-corrected chi connectivity index (χ0v) is 16.8. The van der Waals surface area contributed by atoms with Crippen LogP contribution in [0.25, 0.3) is 16.9 Å². The number of nitrogens with one attached hydrogen (secondary N) is 1. The van der Waals surface area contributed by atoms with Crippen molar-refractivity contribution in [2.24, 2.45) is 0 Å². The average Bonchev–Trinajstić information content (AvgIpc) is 3.20. The molecule has 8 nitrogen and oxygen atoms in total. The quantitative estimate of drug-likeness (QED) is 0.652. The first kappa shape index (κ1) is 20.8. The molecule has 0 aliphatic carbocycles. The fourth-order valence-corrected chi connectivity index (χ4v) is 2.80. The highest BCUT2D eigenvalue weighted by atomic mass is 16.6. The van der Waals surface area contributed by atoms with Crippen molar-refractivity contribution in [3.8, 4) is 16.9 Å². The first-order chi connectivity index (χ1) is 14.4. The second-order valence-electron chi connectivity index (χ2n) is 6.51. The highest BCUT2D eigenvalue weighted by Gasteiger charge is 2.25. The molecule has 1 heterocycles. The molecule has 0 aliphatic heterocycles. The second-order valence-corrected chi connectivity index (χ2v) is 6.51. The van der Waals surface area contributed by atoms with Gasteiger partial charge in [-0.05, 0) is 31.5 Å². The third-order valence-electron chi connectivity index (χ3n) is 4.42. The first-order valence-corrected chi connectivity index (χ1v) is 9.21. The molecule has 2 amide bonds. The van der Waals surface area contributed by atoms with Gasteiger partial charge in [-0.2, -0.15) is 5.10 Å². The predicted molar refractivity (Wildman–Crippen MR) is 109 cm³/mol. The monoisotopic (exact) mass is 407 g/mol. The molecule has 0 radical (unpaired) electrons. The number of alkyl carbamates (subject to hydrolysis) is 1. The Bertz CT molecular complexity index is 1080. The predicted octanol–water partition coefficient (Wildman–Crippen LogP) is 3.28. The molecule has 0 aliphatic rings. The van der Waals surface area contributed by atoms with Crippen molar-refractivity contribution < 1.29 is 23.9 Å². The highest BCUT2D eigenvalue weighted by Crippen LogP contribution is 2.27. The van der Waals surface area contributed by atoms with Crippen LogP contribution in [0.1, 0.15) is 22.8 Å². The maximum atomic E-state index is 12.9. The van der Waals surface area contributed by atoms with E-state index < -0.39 is 24.1 Å². The molecule has 8 heteroatoms. The van der Waals surface area contributed by atoms with E-state index in [1.165, 1.54) is 6.92 Å². The number of para-hydroxylation sites is 1. The van der Waals surface area contributed by atoms with Gasteiger partial charge in [-0.15, -0.1) is 0 Å². The van der Waals surface area contributed by atoms with Gasteiger partial charge >= 0.3 is 12.1 Å². The van der Waals surface area contributed by atoms with Crippen molar-refractivity contribution in [1.29, 1.82) is 0 Å². The fraction of sp³-hybridized carbons (Fsp3) is 0.182. The van der Waals surface area contributed by atoms with Crippen molar-refractivity contribution in [2.45, 2.75) is 20.0 Å². The van der Waals surface area contributed by atoms with Gasteiger partial charge in [0.25, 0.3) is 5.91 Å². The molecule has 3 aromatic rings. The van der Waals surface area contributed by atoms with Gasteiger partial charge in [-0.3, -0.25) is 10.1 Å². The third-order valence-corrected chi connectivity index (χ3v) is 4.42. The number of hydrogen-bond acceptors (Lipinski definition) is 6. The SMILES string of the molecule is COC(=O)NC(=O)[C@@H](C)OC(=O)c1cn(-c2ccccc2)nc1-c1ccccc1C. The van der Waals surface area contributed by atoms with Gasteiger partial charge in [0.15, 0.2) is 6.10 Å². The van der Waals surface area contributed by atoms with Gasteiger partial charge in [0.2, 0.25) is 0 Å². The van der Waals surface area contributed by atoms with Crippen LogP contribution in [-0.2, 0) is 14.3 Å². The lowest BCUT2D eigenvalue weighted by atomic mass is 10.0. The largest absolute Gasteiger partial charge is 0.453 e. The van der Waals surface area contributed by atoms with E-state index in [1.54, 1.807) is 10.9 Å².